The highest BCUT2D eigenvalue weighted by Gasteiger charge is 2.24. The summed E-state index contributed by atoms with van der Waals surface area (Å²) < 4.78 is 5.36. The summed E-state index contributed by atoms with van der Waals surface area (Å²) in [6.07, 6.45) is 2.43. The molecule has 1 aliphatic heterocycles. The van der Waals surface area contributed by atoms with Crippen molar-refractivity contribution in [1.82, 2.24) is 4.90 Å². The van der Waals surface area contributed by atoms with Gasteiger partial charge in [-0.25, -0.2) is 0 Å². The molecular weight excluding hydrogens is 174 g/mol. The van der Waals surface area contributed by atoms with Crippen molar-refractivity contribution in [2.24, 2.45) is 0 Å². The van der Waals surface area contributed by atoms with Crippen LogP contribution in [-0.4, -0.2) is 18.5 Å². The lowest BCUT2D eigenvalue weighted by Crippen LogP contribution is -2.16. The van der Waals surface area contributed by atoms with Crippen LogP contribution >= 0.6 is 11.6 Å². The topological polar surface area (TPSA) is 16.4 Å². The van der Waals surface area contributed by atoms with E-state index in [-0.39, 0.29) is 0 Å². The van der Waals surface area contributed by atoms with Gasteiger partial charge in [0.05, 0.1) is 6.04 Å². The van der Waals surface area contributed by atoms with E-state index >= 15 is 0 Å². The van der Waals surface area contributed by atoms with E-state index in [0.717, 1.165) is 12.3 Å². The Labute approximate surface area is 77.1 Å². The van der Waals surface area contributed by atoms with E-state index in [1.54, 1.807) is 0 Å². The van der Waals surface area contributed by atoms with Gasteiger partial charge in [-0.1, -0.05) is 0 Å². The molecule has 0 amide bonds. The van der Waals surface area contributed by atoms with Crippen LogP contribution in [0, 0.1) is 0 Å². The second-order valence-electron chi connectivity index (χ2n) is 3.28. The summed E-state index contributed by atoms with van der Waals surface area (Å²) in [5.41, 5.74) is 0. The lowest BCUT2D eigenvalue weighted by molar-refractivity contribution is 0.276. The molecule has 0 unspecified atom stereocenters. The third-order valence-corrected chi connectivity index (χ3v) is 2.65. The SMILES string of the molecule is CN1CCC[C@H]1c1ccc(Cl)o1. The molecule has 0 radical (unpaired) electrons. The van der Waals surface area contributed by atoms with E-state index in [4.69, 9.17) is 16.0 Å². The fourth-order valence-electron chi connectivity index (χ4n) is 1.78. The van der Waals surface area contributed by atoms with Crippen molar-refractivity contribution in [2.75, 3.05) is 13.6 Å². The van der Waals surface area contributed by atoms with Gasteiger partial charge in [-0.05, 0) is 50.2 Å². The van der Waals surface area contributed by atoms with Crippen LogP contribution in [0.3, 0.4) is 0 Å². The molecule has 12 heavy (non-hydrogen) atoms. The number of rotatable bonds is 1. The van der Waals surface area contributed by atoms with Gasteiger partial charge >= 0.3 is 0 Å². The molecule has 2 heterocycles. The third-order valence-electron chi connectivity index (χ3n) is 2.44. The minimum atomic E-state index is 0.442. The molecule has 1 aromatic rings. The largest absolute Gasteiger partial charge is 0.448 e. The van der Waals surface area contributed by atoms with Crippen LogP contribution in [-0.2, 0) is 0 Å². The zero-order valence-electron chi connectivity index (χ0n) is 7.09. The average molecular weight is 186 g/mol. The van der Waals surface area contributed by atoms with E-state index in [9.17, 15) is 0 Å². The van der Waals surface area contributed by atoms with E-state index in [1.165, 1.54) is 12.8 Å². The van der Waals surface area contributed by atoms with Gasteiger partial charge in [-0.2, -0.15) is 0 Å². The zero-order valence-corrected chi connectivity index (χ0v) is 7.84. The lowest BCUT2D eigenvalue weighted by atomic mass is 10.2. The molecule has 66 valence electrons. The van der Waals surface area contributed by atoms with Crippen molar-refractivity contribution in [3.63, 3.8) is 0 Å². The Morgan fingerprint density at radius 3 is 2.92 bits per heavy atom. The van der Waals surface area contributed by atoms with Crippen LogP contribution in [0.5, 0.6) is 0 Å². The van der Waals surface area contributed by atoms with Gasteiger partial charge in [0.2, 0.25) is 0 Å². The Morgan fingerprint density at radius 2 is 2.42 bits per heavy atom. The minimum Gasteiger partial charge on any atom is -0.448 e. The molecule has 3 heteroatoms. The van der Waals surface area contributed by atoms with Crippen LogP contribution in [0.1, 0.15) is 24.6 Å². The Bertz CT molecular complexity index is 271. The maximum Gasteiger partial charge on any atom is 0.193 e. The number of furan rings is 1. The Hall–Kier alpha value is -0.470. The van der Waals surface area contributed by atoms with Crippen LogP contribution in [0.2, 0.25) is 5.22 Å². The summed E-state index contributed by atoms with van der Waals surface area (Å²) in [4.78, 5) is 2.30. The molecule has 0 aromatic carbocycles. The normalized spacial score (nSPS) is 25.0. The van der Waals surface area contributed by atoms with Crippen molar-refractivity contribution in [1.29, 1.82) is 0 Å². The lowest BCUT2D eigenvalue weighted by Gasteiger charge is -2.16. The highest BCUT2D eigenvalue weighted by atomic mass is 35.5. The Morgan fingerprint density at radius 1 is 1.58 bits per heavy atom. The first-order chi connectivity index (χ1) is 5.77. The number of hydrogen-bond acceptors (Lipinski definition) is 2. The molecule has 1 aliphatic rings. The average Bonchev–Trinajstić information content (AvgIpc) is 2.58. The van der Waals surface area contributed by atoms with Crippen LogP contribution in [0.15, 0.2) is 16.5 Å². The first-order valence-electron chi connectivity index (χ1n) is 4.23. The fraction of sp³-hybridized carbons (Fsp3) is 0.556. The second-order valence-corrected chi connectivity index (χ2v) is 3.65. The number of nitrogens with zero attached hydrogens (tertiary/aromatic N) is 1. The fourth-order valence-corrected chi connectivity index (χ4v) is 1.93. The van der Waals surface area contributed by atoms with Gasteiger partial charge in [0.25, 0.3) is 0 Å². The van der Waals surface area contributed by atoms with Gasteiger partial charge in [0, 0.05) is 0 Å². The smallest absolute Gasteiger partial charge is 0.193 e. The van der Waals surface area contributed by atoms with Crippen molar-refractivity contribution in [3.05, 3.63) is 23.1 Å². The van der Waals surface area contributed by atoms with Crippen LogP contribution in [0.25, 0.3) is 0 Å². The van der Waals surface area contributed by atoms with Crippen molar-refractivity contribution < 1.29 is 4.42 Å². The number of likely N-dealkylation sites (tertiary alicyclic amines) is 1. The molecule has 1 fully saturated rings. The summed E-state index contributed by atoms with van der Waals surface area (Å²) in [5, 5.41) is 0.491. The van der Waals surface area contributed by atoms with Crippen LogP contribution in [0.4, 0.5) is 0 Å². The van der Waals surface area contributed by atoms with Crippen LogP contribution < -0.4 is 0 Å². The van der Waals surface area contributed by atoms with Crippen molar-refractivity contribution in [3.8, 4) is 0 Å². The third kappa shape index (κ3) is 1.37. The summed E-state index contributed by atoms with van der Waals surface area (Å²) in [6, 6.07) is 4.22. The Balaban J connectivity index is 2.19. The molecule has 0 bridgehead atoms. The molecule has 0 spiro atoms. The van der Waals surface area contributed by atoms with Crippen molar-refractivity contribution in [2.45, 2.75) is 18.9 Å². The quantitative estimate of drug-likeness (QED) is 0.669. The maximum absolute atomic E-state index is 5.70. The molecule has 2 nitrogen and oxygen atoms in total. The molecule has 0 N–H and O–H groups in total. The molecule has 0 saturated carbocycles. The van der Waals surface area contributed by atoms with Gasteiger partial charge in [-0.3, -0.25) is 4.90 Å². The van der Waals surface area contributed by atoms with E-state index in [2.05, 4.69) is 11.9 Å². The summed E-state index contributed by atoms with van der Waals surface area (Å²) in [7, 11) is 2.12. The summed E-state index contributed by atoms with van der Waals surface area (Å²) >= 11 is 5.70. The molecule has 2 rings (SSSR count). The molecule has 1 saturated heterocycles. The highest BCUT2D eigenvalue weighted by Crippen LogP contribution is 2.32. The zero-order chi connectivity index (χ0) is 8.55. The summed E-state index contributed by atoms with van der Waals surface area (Å²) in [5.74, 6) is 1.00. The maximum atomic E-state index is 5.70. The standard InChI is InChI=1S/C9H12ClNO/c1-11-6-2-3-7(11)8-4-5-9(10)12-8/h4-5,7H,2-3,6H2,1H3/t7-/m0/s1. The Kier molecular flexibility index (Phi) is 2.11. The predicted molar refractivity (Wildman–Crippen MR) is 48.3 cm³/mol. The molecule has 1 atom stereocenters. The van der Waals surface area contributed by atoms with Gasteiger partial charge < -0.3 is 4.42 Å². The van der Waals surface area contributed by atoms with Gasteiger partial charge in [-0.15, -0.1) is 0 Å². The van der Waals surface area contributed by atoms with Crippen molar-refractivity contribution >= 4 is 11.6 Å². The molecule has 0 aliphatic carbocycles. The second kappa shape index (κ2) is 3.11. The minimum absolute atomic E-state index is 0.442. The van der Waals surface area contributed by atoms with E-state index in [1.807, 2.05) is 12.1 Å². The molecule has 1 aromatic heterocycles. The monoisotopic (exact) mass is 185 g/mol. The van der Waals surface area contributed by atoms with Gasteiger partial charge in [0.1, 0.15) is 5.76 Å². The molecular formula is C9H12ClNO. The first kappa shape index (κ1) is 8.14. The first-order valence-corrected chi connectivity index (χ1v) is 4.60. The van der Waals surface area contributed by atoms with E-state index < -0.39 is 0 Å². The predicted octanol–water partition coefficient (Wildman–Crippen LogP) is 2.70. The number of hydrogen-bond donors (Lipinski definition) is 0. The van der Waals surface area contributed by atoms with Gasteiger partial charge in [0.15, 0.2) is 5.22 Å². The highest BCUT2D eigenvalue weighted by molar-refractivity contribution is 6.28. The summed E-state index contributed by atoms with van der Waals surface area (Å²) in [6.45, 7) is 1.16. The number of halogens is 1. The van der Waals surface area contributed by atoms with E-state index in [0.29, 0.717) is 11.3 Å².